The largest absolute Gasteiger partial charge is 0.497 e. The van der Waals surface area contributed by atoms with Gasteiger partial charge in [-0.3, -0.25) is 0 Å². The van der Waals surface area contributed by atoms with Crippen LogP contribution in [0.4, 0.5) is 0 Å². The Kier molecular flexibility index (Phi) is 4.51. The van der Waals surface area contributed by atoms with E-state index in [-0.39, 0.29) is 0 Å². The second kappa shape index (κ2) is 5.69. The van der Waals surface area contributed by atoms with Gasteiger partial charge in [0.25, 0.3) is 0 Å². The average Bonchev–Trinajstić information content (AvgIpc) is 2.26. The molecule has 0 aliphatic heterocycles. The second-order valence-corrected chi connectivity index (χ2v) is 3.50. The van der Waals surface area contributed by atoms with Crippen molar-refractivity contribution in [2.24, 2.45) is 5.92 Å². The summed E-state index contributed by atoms with van der Waals surface area (Å²) in [6.45, 7) is 7.84. The smallest absolute Gasteiger partial charge is 0.118 e. The zero-order valence-electron chi connectivity index (χ0n) is 8.83. The Bertz CT molecular complexity index is 246. The first-order valence-corrected chi connectivity index (χ1v) is 5.01. The van der Waals surface area contributed by atoms with Gasteiger partial charge in [0.1, 0.15) is 5.75 Å². The van der Waals surface area contributed by atoms with Gasteiger partial charge in [0.2, 0.25) is 0 Å². The Hall–Kier alpha value is -0.980. The first kappa shape index (κ1) is 11.1. The molecule has 76 valence electrons. The zero-order valence-corrected chi connectivity index (χ0v) is 8.83. The van der Waals surface area contributed by atoms with Crippen molar-refractivity contribution in [3.05, 3.63) is 43.7 Å². The first-order valence-electron chi connectivity index (χ1n) is 5.01. The quantitative estimate of drug-likeness (QED) is 0.692. The zero-order chi connectivity index (χ0) is 10.4. The molecule has 0 saturated carbocycles. The van der Waals surface area contributed by atoms with E-state index in [1.165, 1.54) is 5.56 Å². The molecule has 0 aliphatic rings. The van der Waals surface area contributed by atoms with Crippen LogP contribution in [0.2, 0.25) is 0 Å². The molecule has 0 heterocycles. The fourth-order valence-electron chi connectivity index (χ4n) is 1.44. The lowest BCUT2D eigenvalue weighted by Gasteiger charge is -2.11. The highest BCUT2D eigenvalue weighted by atomic mass is 16.5. The summed E-state index contributed by atoms with van der Waals surface area (Å²) in [6, 6.07) is 8.21. The van der Waals surface area contributed by atoms with Gasteiger partial charge in [-0.15, -0.1) is 0 Å². The van der Waals surface area contributed by atoms with Crippen molar-refractivity contribution in [2.75, 3.05) is 7.11 Å². The van der Waals surface area contributed by atoms with Crippen molar-refractivity contribution in [3.8, 4) is 5.75 Å². The Labute approximate surface area is 87.1 Å². The first-order chi connectivity index (χ1) is 6.80. The fraction of sp³-hybridized carbons (Fsp3) is 0.385. The molecule has 0 amide bonds. The summed E-state index contributed by atoms with van der Waals surface area (Å²) in [7, 11) is 1.68. The lowest BCUT2D eigenvalue weighted by molar-refractivity contribution is 0.414. The number of benzene rings is 1. The molecule has 1 aromatic carbocycles. The average molecular weight is 190 g/mol. The summed E-state index contributed by atoms with van der Waals surface area (Å²) in [5.41, 5.74) is 1.34. The molecule has 1 nitrogen and oxygen atoms in total. The molecule has 1 aromatic rings. The van der Waals surface area contributed by atoms with Gasteiger partial charge in [0.15, 0.2) is 0 Å². The highest BCUT2D eigenvalue weighted by Gasteiger charge is 2.04. The third-order valence-electron chi connectivity index (χ3n) is 2.50. The Balaban J connectivity index is 2.58. The molecule has 0 atom stereocenters. The van der Waals surface area contributed by atoms with Crippen LogP contribution in [0, 0.1) is 19.8 Å². The maximum absolute atomic E-state index is 5.10. The minimum Gasteiger partial charge on any atom is -0.497 e. The number of hydrogen-bond acceptors (Lipinski definition) is 1. The summed E-state index contributed by atoms with van der Waals surface area (Å²) in [5, 5.41) is 0. The molecule has 0 aromatic heterocycles. The van der Waals surface area contributed by atoms with Crippen molar-refractivity contribution in [2.45, 2.75) is 19.3 Å². The Morgan fingerprint density at radius 3 is 2.14 bits per heavy atom. The predicted octanol–water partition coefficient (Wildman–Crippen LogP) is 3.30. The number of methoxy groups -OCH3 is 1. The van der Waals surface area contributed by atoms with Crippen molar-refractivity contribution >= 4 is 0 Å². The van der Waals surface area contributed by atoms with Crippen LogP contribution in [0.5, 0.6) is 5.75 Å². The van der Waals surface area contributed by atoms with Gasteiger partial charge < -0.3 is 4.74 Å². The summed E-state index contributed by atoms with van der Waals surface area (Å²) in [5.74, 6) is 1.51. The fourth-order valence-corrected chi connectivity index (χ4v) is 1.44. The van der Waals surface area contributed by atoms with Gasteiger partial charge in [-0.2, -0.15) is 0 Å². The van der Waals surface area contributed by atoms with Crippen molar-refractivity contribution in [1.29, 1.82) is 0 Å². The summed E-state index contributed by atoms with van der Waals surface area (Å²) < 4.78 is 5.10. The summed E-state index contributed by atoms with van der Waals surface area (Å²) >= 11 is 0. The van der Waals surface area contributed by atoms with Crippen LogP contribution in [0.25, 0.3) is 0 Å². The number of ether oxygens (including phenoxy) is 1. The second-order valence-electron chi connectivity index (χ2n) is 3.50. The molecule has 0 bridgehead atoms. The van der Waals surface area contributed by atoms with Gasteiger partial charge in [0.05, 0.1) is 7.11 Å². The minimum atomic E-state index is 0.600. The van der Waals surface area contributed by atoms with Gasteiger partial charge in [0, 0.05) is 0 Å². The van der Waals surface area contributed by atoms with Gasteiger partial charge in [-0.1, -0.05) is 38.8 Å². The van der Waals surface area contributed by atoms with Crippen molar-refractivity contribution in [1.82, 2.24) is 0 Å². The monoisotopic (exact) mass is 190 g/mol. The van der Waals surface area contributed by atoms with E-state index < -0.39 is 0 Å². The topological polar surface area (TPSA) is 9.23 Å². The van der Waals surface area contributed by atoms with Crippen LogP contribution in [-0.2, 0) is 6.42 Å². The number of rotatable bonds is 5. The molecule has 0 N–H and O–H groups in total. The van der Waals surface area contributed by atoms with Crippen molar-refractivity contribution in [3.63, 3.8) is 0 Å². The third kappa shape index (κ3) is 3.06. The molecule has 1 heteroatoms. The predicted molar refractivity (Wildman–Crippen MR) is 60.1 cm³/mol. The maximum atomic E-state index is 5.10. The van der Waals surface area contributed by atoms with E-state index in [9.17, 15) is 0 Å². The molecule has 0 saturated heterocycles. The highest BCUT2D eigenvalue weighted by molar-refractivity contribution is 5.27. The highest BCUT2D eigenvalue weighted by Crippen LogP contribution is 2.17. The van der Waals surface area contributed by atoms with Crippen molar-refractivity contribution < 1.29 is 4.74 Å². The summed E-state index contributed by atoms with van der Waals surface area (Å²) in [4.78, 5) is 0. The normalized spacial score (nSPS) is 10.6. The number of hydrogen-bond donors (Lipinski definition) is 0. The van der Waals surface area contributed by atoms with Crippen LogP contribution < -0.4 is 4.74 Å². The minimum absolute atomic E-state index is 0.600. The SMILES string of the molecule is [CH2]CC(C[CH2])Cc1ccc(OC)cc1. The van der Waals surface area contributed by atoms with Gasteiger partial charge in [-0.05, 0) is 30.0 Å². The van der Waals surface area contributed by atoms with Crippen LogP contribution in [0.15, 0.2) is 24.3 Å². The van der Waals surface area contributed by atoms with E-state index in [2.05, 4.69) is 26.0 Å². The Morgan fingerprint density at radius 1 is 1.14 bits per heavy atom. The van der Waals surface area contributed by atoms with E-state index in [0.717, 1.165) is 25.0 Å². The standard InChI is InChI=1S/C13H18O/c1-4-11(5-2)10-12-6-8-13(14-3)9-7-12/h6-9,11H,1-2,4-5,10H2,3H3. The van der Waals surface area contributed by atoms with E-state index in [4.69, 9.17) is 4.74 Å². The van der Waals surface area contributed by atoms with Crippen LogP contribution in [0.3, 0.4) is 0 Å². The van der Waals surface area contributed by atoms with E-state index >= 15 is 0 Å². The molecule has 2 radical (unpaired) electrons. The van der Waals surface area contributed by atoms with Crippen LogP contribution in [0.1, 0.15) is 18.4 Å². The Morgan fingerprint density at radius 2 is 1.71 bits per heavy atom. The van der Waals surface area contributed by atoms with Gasteiger partial charge in [-0.25, -0.2) is 0 Å². The van der Waals surface area contributed by atoms with E-state index in [1.807, 2.05) is 12.1 Å². The van der Waals surface area contributed by atoms with Gasteiger partial charge >= 0.3 is 0 Å². The molecule has 14 heavy (non-hydrogen) atoms. The molecule has 0 aliphatic carbocycles. The van der Waals surface area contributed by atoms with E-state index in [0.29, 0.717) is 5.92 Å². The molecular formula is C13H18O. The van der Waals surface area contributed by atoms with Crippen LogP contribution >= 0.6 is 0 Å². The summed E-state index contributed by atoms with van der Waals surface area (Å²) in [6.07, 6.45) is 2.97. The van der Waals surface area contributed by atoms with Crippen LogP contribution in [-0.4, -0.2) is 7.11 Å². The maximum Gasteiger partial charge on any atom is 0.118 e. The molecule has 0 fully saturated rings. The molecule has 0 unspecified atom stereocenters. The van der Waals surface area contributed by atoms with E-state index in [1.54, 1.807) is 7.11 Å². The molecular weight excluding hydrogens is 172 g/mol. The lowest BCUT2D eigenvalue weighted by Crippen LogP contribution is -2.01. The lowest BCUT2D eigenvalue weighted by atomic mass is 9.95. The molecule has 0 spiro atoms. The third-order valence-corrected chi connectivity index (χ3v) is 2.50. The molecule has 1 rings (SSSR count).